The number of aliphatic hydroxyl groups is 1. The van der Waals surface area contributed by atoms with Crippen LogP contribution in [0.5, 0.6) is 0 Å². The Hall–Kier alpha value is -3.75. The second-order valence-electron chi connectivity index (χ2n) is 9.67. The van der Waals surface area contributed by atoms with Crippen molar-refractivity contribution in [3.05, 3.63) is 70.9 Å². The van der Waals surface area contributed by atoms with Crippen LogP contribution in [0.2, 0.25) is 0 Å². The second-order valence-corrected chi connectivity index (χ2v) is 9.67. The SMILES string of the molecule is Cl.NCc1ccc(-c2cnc3c(=O)n(CC4(O)CCN(C(=O)CC(C(F)F)n5ccc(F)n5)CC4)cnn23)cc1. The lowest BCUT2D eigenvalue weighted by molar-refractivity contribution is -0.138. The summed E-state index contributed by atoms with van der Waals surface area (Å²) >= 11 is 0. The van der Waals surface area contributed by atoms with Crippen LogP contribution < -0.4 is 11.3 Å². The van der Waals surface area contributed by atoms with Crippen LogP contribution in [0, 0.1) is 5.95 Å². The van der Waals surface area contributed by atoms with Gasteiger partial charge in [0.05, 0.1) is 30.5 Å². The van der Waals surface area contributed by atoms with Crippen LogP contribution in [0.4, 0.5) is 13.2 Å². The van der Waals surface area contributed by atoms with Gasteiger partial charge in [-0.2, -0.15) is 9.49 Å². The predicted octanol–water partition coefficient (Wildman–Crippen LogP) is 2.02. The molecule has 4 aromatic rings. The highest BCUT2D eigenvalue weighted by Gasteiger charge is 2.36. The van der Waals surface area contributed by atoms with E-state index < -0.39 is 41.9 Å². The molecule has 1 saturated heterocycles. The summed E-state index contributed by atoms with van der Waals surface area (Å²) in [6.45, 7) is 0.552. The summed E-state index contributed by atoms with van der Waals surface area (Å²) < 4.78 is 43.7. The molecule has 0 aliphatic carbocycles. The number of nitrogens with two attached hydrogens (primary N) is 1. The summed E-state index contributed by atoms with van der Waals surface area (Å²) in [4.78, 5) is 31.4. The van der Waals surface area contributed by atoms with Crippen molar-refractivity contribution in [1.29, 1.82) is 0 Å². The van der Waals surface area contributed by atoms with Crippen LogP contribution in [0.3, 0.4) is 0 Å². The molecule has 1 atom stereocenters. The largest absolute Gasteiger partial charge is 0.388 e. The summed E-state index contributed by atoms with van der Waals surface area (Å²) in [6.07, 6.45) is 0.720. The Morgan fingerprint density at radius 1 is 1.15 bits per heavy atom. The van der Waals surface area contributed by atoms with Gasteiger partial charge in [-0.1, -0.05) is 24.3 Å². The van der Waals surface area contributed by atoms with Crippen LogP contribution in [-0.2, 0) is 17.9 Å². The number of hydrogen-bond acceptors (Lipinski definition) is 7. The first kappa shape index (κ1) is 29.2. The standard InChI is InChI=1S/C25H27F3N8O3.ClH/c26-20-5-8-35(32-20)18(22(27)28)11-21(37)33-9-6-25(39,7-10-33)14-34-15-31-36-19(13-30-23(36)24(34)38)17-3-1-16(12-29)2-4-17;/h1-5,8,13,15,18,22,39H,6-7,9-12,14,29H2;1H. The molecule has 4 heterocycles. The molecular weight excluding hydrogens is 553 g/mol. The first-order valence-electron chi connectivity index (χ1n) is 12.4. The smallest absolute Gasteiger partial charge is 0.296 e. The molecule has 5 rings (SSSR count). The van der Waals surface area contributed by atoms with Gasteiger partial charge in [0.25, 0.3) is 12.0 Å². The minimum absolute atomic E-state index is 0. The topological polar surface area (TPSA) is 137 Å². The third kappa shape index (κ3) is 5.88. The quantitative estimate of drug-likeness (QED) is 0.325. The maximum Gasteiger partial charge on any atom is 0.296 e. The Kier molecular flexibility index (Phi) is 8.61. The molecule has 1 aliphatic heterocycles. The number of carbonyl (C=O) groups is 1. The molecule has 15 heteroatoms. The van der Waals surface area contributed by atoms with Crippen molar-refractivity contribution in [3.8, 4) is 11.3 Å². The monoisotopic (exact) mass is 580 g/mol. The van der Waals surface area contributed by atoms with E-state index in [1.807, 2.05) is 24.3 Å². The number of nitrogens with zero attached hydrogens (tertiary/aromatic N) is 7. The molecular formula is C25H28ClF3N8O3. The van der Waals surface area contributed by atoms with E-state index in [4.69, 9.17) is 5.73 Å². The Morgan fingerprint density at radius 3 is 2.45 bits per heavy atom. The van der Waals surface area contributed by atoms with Gasteiger partial charge in [-0.3, -0.25) is 18.8 Å². The minimum atomic E-state index is -2.92. The van der Waals surface area contributed by atoms with E-state index in [1.54, 1.807) is 6.20 Å². The number of hydrogen-bond donors (Lipinski definition) is 2. The molecule has 3 aromatic heterocycles. The molecule has 11 nitrogen and oxygen atoms in total. The number of imidazole rings is 1. The minimum Gasteiger partial charge on any atom is -0.388 e. The van der Waals surface area contributed by atoms with Gasteiger partial charge >= 0.3 is 0 Å². The molecule has 0 spiro atoms. The van der Waals surface area contributed by atoms with Gasteiger partial charge < -0.3 is 15.7 Å². The summed E-state index contributed by atoms with van der Waals surface area (Å²) in [6, 6.07) is 6.85. The van der Waals surface area contributed by atoms with Crippen molar-refractivity contribution in [2.24, 2.45) is 5.73 Å². The van der Waals surface area contributed by atoms with E-state index in [1.165, 1.54) is 20.3 Å². The molecule has 1 unspecified atom stereocenters. The number of likely N-dealkylation sites (tertiary alicyclic amines) is 1. The number of amides is 1. The number of halogens is 4. The molecule has 0 radical (unpaired) electrons. The highest BCUT2D eigenvalue weighted by Crippen LogP contribution is 2.27. The lowest BCUT2D eigenvalue weighted by Gasteiger charge is -2.38. The molecule has 0 saturated carbocycles. The zero-order valence-corrected chi connectivity index (χ0v) is 22.1. The highest BCUT2D eigenvalue weighted by molar-refractivity contribution is 5.85. The van der Waals surface area contributed by atoms with E-state index in [0.29, 0.717) is 12.2 Å². The molecule has 1 fully saturated rings. The molecule has 1 aromatic carbocycles. The van der Waals surface area contributed by atoms with E-state index >= 15 is 0 Å². The van der Waals surface area contributed by atoms with E-state index in [0.717, 1.165) is 28.1 Å². The van der Waals surface area contributed by atoms with Gasteiger partial charge in [0.2, 0.25) is 17.5 Å². The number of alkyl halides is 2. The van der Waals surface area contributed by atoms with Crippen LogP contribution in [0.15, 0.2) is 53.8 Å². The zero-order chi connectivity index (χ0) is 27.7. The highest BCUT2D eigenvalue weighted by atomic mass is 35.5. The molecule has 214 valence electrons. The third-order valence-corrected chi connectivity index (χ3v) is 7.08. The summed E-state index contributed by atoms with van der Waals surface area (Å²) in [5.74, 6) is -1.46. The van der Waals surface area contributed by atoms with Crippen molar-refractivity contribution in [1.82, 2.24) is 33.8 Å². The first-order chi connectivity index (χ1) is 18.7. The van der Waals surface area contributed by atoms with Crippen molar-refractivity contribution in [2.45, 2.75) is 50.4 Å². The average Bonchev–Trinajstić information content (AvgIpc) is 3.55. The number of rotatable bonds is 8. The van der Waals surface area contributed by atoms with Crippen molar-refractivity contribution in [2.75, 3.05) is 13.1 Å². The van der Waals surface area contributed by atoms with Gasteiger partial charge in [-0.25, -0.2) is 18.3 Å². The van der Waals surface area contributed by atoms with Gasteiger partial charge in [0.1, 0.15) is 12.4 Å². The van der Waals surface area contributed by atoms with Crippen LogP contribution >= 0.6 is 12.4 Å². The fourth-order valence-electron chi connectivity index (χ4n) is 4.78. The van der Waals surface area contributed by atoms with Crippen LogP contribution in [0.25, 0.3) is 16.9 Å². The molecule has 3 N–H and O–H groups in total. The molecule has 0 bridgehead atoms. The van der Waals surface area contributed by atoms with Crippen molar-refractivity contribution >= 4 is 24.0 Å². The van der Waals surface area contributed by atoms with E-state index in [9.17, 15) is 27.9 Å². The number of piperidine rings is 1. The van der Waals surface area contributed by atoms with Gasteiger partial charge in [0, 0.05) is 37.5 Å². The lowest BCUT2D eigenvalue weighted by Crippen LogP contribution is -2.50. The number of aromatic nitrogens is 6. The maximum absolute atomic E-state index is 13.5. The number of carbonyl (C=O) groups excluding carboxylic acids is 1. The molecule has 1 amide bonds. The van der Waals surface area contributed by atoms with Crippen LogP contribution in [0.1, 0.15) is 30.9 Å². The van der Waals surface area contributed by atoms with Gasteiger partial charge in [0.15, 0.2) is 0 Å². The number of fused-ring (bicyclic) bond motifs is 1. The van der Waals surface area contributed by atoms with Gasteiger partial charge in [-0.05, 0) is 18.4 Å². The Bertz CT molecular complexity index is 1530. The maximum atomic E-state index is 13.5. The van der Waals surface area contributed by atoms with Crippen molar-refractivity contribution in [3.63, 3.8) is 0 Å². The summed E-state index contributed by atoms with van der Waals surface area (Å²) in [5.41, 5.74) is 6.40. The third-order valence-electron chi connectivity index (χ3n) is 7.08. The molecule has 40 heavy (non-hydrogen) atoms. The fraction of sp³-hybridized carbons (Fsp3) is 0.400. The number of benzene rings is 1. The Balaban J connectivity index is 0.00000370. The Morgan fingerprint density at radius 2 is 1.85 bits per heavy atom. The van der Waals surface area contributed by atoms with Gasteiger partial charge in [-0.15, -0.1) is 17.5 Å². The van der Waals surface area contributed by atoms with Crippen LogP contribution in [-0.4, -0.2) is 70.0 Å². The van der Waals surface area contributed by atoms with E-state index in [2.05, 4.69) is 15.2 Å². The lowest BCUT2D eigenvalue weighted by atomic mass is 9.91. The average molecular weight is 581 g/mol. The van der Waals surface area contributed by atoms with Crippen molar-refractivity contribution < 1.29 is 23.1 Å². The Labute approximate surface area is 232 Å². The molecule has 1 aliphatic rings. The second kappa shape index (κ2) is 11.8. The normalized spacial score (nSPS) is 15.8. The summed E-state index contributed by atoms with van der Waals surface area (Å²) in [7, 11) is 0. The predicted molar refractivity (Wildman–Crippen MR) is 140 cm³/mol. The van der Waals surface area contributed by atoms with E-state index in [-0.39, 0.29) is 50.5 Å². The first-order valence-corrected chi connectivity index (χ1v) is 12.4. The fourth-order valence-corrected chi connectivity index (χ4v) is 4.78. The summed E-state index contributed by atoms with van der Waals surface area (Å²) in [5, 5.41) is 18.9. The zero-order valence-electron chi connectivity index (χ0n) is 21.2.